The highest BCUT2D eigenvalue weighted by atomic mass is 79.9. The second-order valence-corrected chi connectivity index (χ2v) is 6.25. The summed E-state index contributed by atoms with van der Waals surface area (Å²) in [5, 5.41) is 10.9. The van der Waals surface area contributed by atoms with Crippen LogP contribution >= 0.6 is 15.9 Å². The molecule has 0 heterocycles. The zero-order chi connectivity index (χ0) is 15.2. The van der Waals surface area contributed by atoms with Gasteiger partial charge in [0, 0.05) is 16.4 Å². The van der Waals surface area contributed by atoms with Crippen LogP contribution in [0, 0.1) is 0 Å². The smallest absolute Gasteiger partial charge is 0.0763 e. The third kappa shape index (κ3) is 3.84. The van der Waals surface area contributed by atoms with Gasteiger partial charge in [-0.05, 0) is 43.6 Å². The van der Waals surface area contributed by atoms with Crippen molar-refractivity contribution in [2.75, 3.05) is 13.1 Å². The maximum atomic E-state index is 10.9. The predicted octanol–water partition coefficient (Wildman–Crippen LogP) is 4.25. The molecule has 0 radical (unpaired) electrons. The van der Waals surface area contributed by atoms with Crippen LogP contribution in [-0.4, -0.2) is 34.7 Å². The molecule has 3 heteroatoms. The number of benzene rings is 1. The fraction of sp³-hybridized carbons (Fsp3) is 0.647. The Morgan fingerprint density at radius 3 is 1.95 bits per heavy atom. The summed E-state index contributed by atoms with van der Waals surface area (Å²) in [5.74, 6) is 0. The van der Waals surface area contributed by atoms with Gasteiger partial charge in [0.15, 0.2) is 0 Å². The molecular formula is C17H28BrNO. The van der Waals surface area contributed by atoms with E-state index in [2.05, 4.69) is 60.7 Å². The Balaban J connectivity index is 2.93. The molecule has 1 aromatic rings. The summed E-state index contributed by atoms with van der Waals surface area (Å²) < 4.78 is 1.08. The van der Waals surface area contributed by atoms with Crippen LogP contribution < -0.4 is 0 Å². The molecule has 0 saturated carbocycles. The molecule has 0 fully saturated rings. The lowest BCUT2D eigenvalue weighted by Gasteiger charge is -2.46. The van der Waals surface area contributed by atoms with Crippen LogP contribution in [-0.2, 0) is 6.42 Å². The standard InChI is InChI=1S/C17H28BrNO/c1-5-17(6-2,19(7-3)8-4)16(20)13-14-9-11-15(18)12-10-14/h9-12,16,20H,5-8,13H2,1-4H3. The fourth-order valence-corrected chi connectivity index (χ4v) is 3.53. The lowest BCUT2D eigenvalue weighted by Crippen LogP contribution is -2.56. The first-order chi connectivity index (χ1) is 9.53. The van der Waals surface area contributed by atoms with E-state index in [1.54, 1.807) is 0 Å². The largest absolute Gasteiger partial charge is 0.391 e. The van der Waals surface area contributed by atoms with E-state index in [4.69, 9.17) is 0 Å². The maximum absolute atomic E-state index is 10.9. The SMILES string of the molecule is CCN(CC)C(CC)(CC)C(O)Cc1ccc(Br)cc1. The van der Waals surface area contributed by atoms with Crippen LogP contribution in [0.5, 0.6) is 0 Å². The van der Waals surface area contributed by atoms with Crippen LogP contribution in [0.3, 0.4) is 0 Å². The van der Waals surface area contributed by atoms with E-state index in [-0.39, 0.29) is 11.6 Å². The summed E-state index contributed by atoms with van der Waals surface area (Å²) in [4.78, 5) is 2.41. The first-order valence-electron chi connectivity index (χ1n) is 7.71. The number of rotatable bonds is 8. The molecule has 1 N–H and O–H groups in total. The number of hydrogen-bond acceptors (Lipinski definition) is 2. The molecule has 0 aliphatic rings. The van der Waals surface area contributed by atoms with E-state index in [9.17, 15) is 5.11 Å². The predicted molar refractivity (Wildman–Crippen MR) is 90.1 cm³/mol. The number of hydrogen-bond donors (Lipinski definition) is 1. The molecule has 1 unspecified atom stereocenters. The van der Waals surface area contributed by atoms with E-state index in [0.717, 1.165) is 30.4 Å². The van der Waals surface area contributed by atoms with Crippen molar-refractivity contribution in [1.29, 1.82) is 0 Å². The van der Waals surface area contributed by atoms with Crippen LogP contribution in [0.2, 0.25) is 0 Å². The summed E-state index contributed by atoms with van der Waals surface area (Å²) in [5.41, 5.74) is 1.08. The Morgan fingerprint density at radius 1 is 1.05 bits per heavy atom. The quantitative estimate of drug-likeness (QED) is 0.763. The molecular weight excluding hydrogens is 314 g/mol. The molecule has 0 spiro atoms. The highest BCUT2D eigenvalue weighted by Gasteiger charge is 2.38. The second-order valence-electron chi connectivity index (χ2n) is 5.33. The highest BCUT2D eigenvalue weighted by molar-refractivity contribution is 9.10. The van der Waals surface area contributed by atoms with Crippen molar-refractivity contribution >= 4 is 15.9 Å². The Morgan fingerprint density at radius 2 is 1.55 bits per heavy atom. The minimum Gasteiger partial charge on any atom is -0.391 e. The molecule has 20 heavy (non-hydrogen) atoms. The Kier molecular flexibility index (Phi) is 7.21. The van der Waals surface area contributed by atoms with Crippen LogP contribution in [0.25, 0.3) is 0 Å². The monoisotopic (exact) mass is 341 g/mol. The Hall–Kier alpha value is -0.380. The van der Waals surface area contributed by atoms with E-state index < -0.39 is 0 Å². The van der Waals surface area contributed by atoms with Crippen molar-refractivity contribution in [2.24, 2.45) is 0 Å². The molecule has 0 aliphatic heterocycles. The van der Waals surface area contributed by atoms with E-state index >= 15 is 0 Å². The van der Waals surface area contributed by atoms with Gasteiger partial charge in [-0.15, -0.1) is 0 Å². The zero-order valence-corrected chi connectivity index (χ0v) is 14.8. The van der Waals surface area contributed by atoms with Crippen molar-refractivity contribution in [2.45, 2.75) is 58.6 Å². The van der Waals surface area contributed by atoms with Gasteiger partial charge in [0.25, 0.3) is 0 Å². The van der Waals surface area contributed by atoms with Crippen LogP contribution in [0.4, 0.5) is 0 Å². The normalized spacial score (nSPS) is 13.8. The van der Waals surface area contributed by atoms with Gasteiger partial charge < -0.3 is 5.11 Å². The average molecular weight is 342 g/mol. The molecule has 114 valence electrons. The summed E-state index contributed by atoms with van der Waals surface area (Å²) in [7, 11) is 0. The second kappa shape index (κ2) is 8.16. The number of aliphatic hydroxyl groups is 1. The third-order valence-electron chi connectivity index (χ3n) is 4.58. The molecule has 1 aromatic carbocycles. The molecule has 0 aromatic heterocycles. The lowest BCUT2D eigenvalue weighted by atomic mass is 9.81. The van der Waals surface area contributed by atoms with Gasteiger partial charge in [0.1, 0.15) is 0 Å². The molecule has 0 aliphatic carbocycles. The number of likely N-dealkylation sites (N-methyl/N-ethyl adjacent to an activating group) is 1. The van der Waals surface area contributed by atoms with Gasteiger partial charge in [-0.1, -0.05) is 55.8 Å². The molecule has 0 bridgehead atoms. The Labute approximate surface area is 132 Å². The summed E-state index contributed by atoms with van der Waals surface area (Å²) in [6, 6.07) is 8.26. The van der Waals surface area contributed by atoms with Crippen LogP contribution in [0.15, 0.2) is 28.7 Å². The van der Waals surface area contributed by atoms with Gasteiger partial charge in [-0.2, -0.15) is 0 Å². The third-order valence-corrected chi connectivity index (χ3v) is 5.11. The molecule has 1 atom stereocenters. The van der Waals surface area contributed by atoms with E-state index in [1.807, 2.05) is 12.1 Å². The lowest BCUT2D eigenvalue weighted by molar-refractivity contribution is -0.0340. The molecule has 2 nitrogen and oxygen atoms in total. The minimum absolute atomic E-state index is 0.115. The van der Waals surface area contributed by atoms with Crippen molar-refractivity contribution in [3.05, 3.63) is 34.3 Å². The summed E-state index contributed by atoms with van der Waals surface area (Å²) >= 11 is 3.45. The van der Waals surface area contributed by atoms with E-state index in [0.29, 0.717) is 6.42 Å². The van der Waals surface area contributed by atoms with Crippen molar-refractivity contribution < 1.29 is 5.11 Å². The zero-order valence-electron chi connectivity index (χ0n) is 13.2. The maximum Gasteiger partial charge on any atom is 0.0763 e. The van der Waals surface area contributed by atoms with Gasteiger partial charge in [-0.25, -0.2) is 0 Å². The van der Waals surface area contributed by atoms with Crippen molar-refractivity contribution in [3.8, 4) is 0 Å². The number of nitrogens with zero attached hydrogens (tertiary/aromatic N) is 1. The molecule has 0 saturated heterocycles. The van der Waals surface area contributed by atoms with Crippen molar-refractivity contribution in [1.82, 2.24) is 4.90 Å². The molecule has 1 rings (SSSR count). The van der Waals surface area contributed by atoms with E-state index in [1.165, 1.54) is 5.56 Å². The van der Waals surface area contributed by atoms with Gasteiger partial charge >= 0.3 is 0 Å². The average Bonchev–Trinajstić information content (AvgIpc) is 2.47. The topological polar surface area (TPSA) is 23.5 Å². The summed E-state index contributed by atoms with van der Waals surface area (Å²) in [6.45, 7) is 10.7. The number of aliphatic hydroxyl groups excluding tert-OH is 1. The first kappa shape index (κ1) is 17.7. The van der Waals surface area contributed by atoms with Gasteiger partial charge in [0.2, 0.25) is 0 Å². The van der Waals surface area contributed by atoms with Crippen molar-refractivity contribution in [3.63, 3.8) is 0 Å². The first-order valence-corrected chi connectivity index (χ1v) is 8.50. The molecule has 0 amide bonds. The summed E-state index contributed by atoms with van der Waals surface area (Å²) in [6.07, 6.45) is 2.33. The van der Waals surface area contributed by atoms with Crippen LogP contribution in [0.1, 0.15) is 46.1 Å². The van der Waals surface area contributed by atoms with Gasteiger partial charge in [0.05, 0.1) is 6.10 Å². The number of halogens is 1. The Bertz CT molecular complexity index is 382. The highest BCUT2D eigenvalue weighted by Crippen LogP contribution is 2.30. The minimum atomic E-state index is -0.335. The van der Waals surface area contributed by atoms with Gasteiger partial charge in [-0.3, -0.25) is 4.90 Å². The fourth-order valence-electron chi connectivity index (χ4n) is 3.27.